The molecule has 0 spiro atoms. The number of anilines is 1. The van der Waals surface area contributed by atoms with Crippen LogP contribution in [0.3, 0.4) is 0 Å². The van der Waals surface area contributed by atoms with E-state index in [9.17, 15) is 0 Å². The predicted octanol–water partition coefficient (Wildman–Crippen LogP) is 3.46. The van der Waals surface area contributed by atoms with Crippen LogP contribution < -0.4 is 5.32 Å². The predicted molar refractivity (Wildman–Crippen MR) is 69.0 cm³/mol. The minimum atomic E-state index is 0.687. The van der Waals surface area contributed by atoms with Gasteiger partial charge in [0.05, 0.1) is 6.20 Å². The molecule has 80 valence electrons. The Morgan fingerprint density at radius 1 is 1.25 bits per heavy atom. The summed E-state index contributed by atoms with van der Waals surface area (Å²) in [6, 6.07) is 9.96. The maximum Gasteiger partial charge on any atom is 0.153 e. The van der Waals surface area contributed by atoms with Gasteiger partial charge in [0.1, 0.15) is 0 Å². The van der Waals surface area contributed by atoms with Gasteiger partial charge in [-0.05, 0) is 30.0 Å². The second kappa shape index (κ2) is 4.90. The van der Waals surface area contributed by atoms with Gasteiger partial charge in [0.25, 0.3) is 0 Å². The molecule has 0 saturated heterocycles. The van der Waals surface area contributed by atoms with Crippen molar-refractivity contribution >= 4 is 21.7 Å². The van der Waals surface area contributed by atoms with Crippen LogP contribution in [0.5, 0.6) is 0 Å². The summed E-state index contributed by atoms with van der Waals surface area (Å²) >= 11 is 3.44. The van der Waals surface area contributed by atoms with Gasteiger partial charge in [-0.25, -0.2) is 0 Å². The highest BCUT2D eigenvalue weighted by Crippen LogP contribution is 2.23. The number of aromatic nitrogens is 2. The van der Waals surface area contributed by atoms with E-state index in [1.807, 2.05) is 30.3 Å². The first-order chi connectivity index (χ1) is 7.79. The van der Waals surface area contributed by atoms with Crippen molar-refractivity contribution in [3.8, 4) is 11.1 Å². The molecular formula is C12H10BrN3. The Morgan fingerprint density at radius 2 is 2.12 bits per heavy atom. The summed E-state index contributed by atoms with van der Waals surface area (Å²) in [4.78, 5) is 0. The van der Waals surface area contributed by atoms with E-state index in [0.29, 0.717) is 5.82 Å². The van der Waals surface area contributed by atoms with Gasteiger partial charge in [-0.3, -0.25) is 0 Å². The highest BCUT2D eigenvalue weighted by Gasteiger charge is 2.00. The topological polar surface area (TPSA) is 37.8 Å². The van der Waals surface area contributed by atoms with E-state index in [2.05, 4.69) is 38.0 Å². The lowest BCUT2D eigenvalue weighted by molar-refractivity contribution is 1.04. The first-order valence-corrected chi connectivity index (χ1v) is 5.55. The summed E-state index contributed by atoms with van der Waals surface area (Å²) in [7, 11) is 0. The standard InChI is InChI=1S/C12H10BrN3/c1-2-14-12-7-10(8-15-16-12)9-4-3-5-11(13)6-9/h2-8H,1H2,(H,14,16). The Labute approximate surface area is 102 Å². The molecule has 0 unspecified atom stereocenters. The maximum absolute atomic E-state index is 3.93. The molecule has 2 rings (SSSR count). The fourth-order valence-corrected chi connectivity index (χ4v) is 1.77. The van der Waals surface area contributed by atoms with E-state index in [4.69, 9.17) is 0 Å². The Morgan fingerprint density at radius 3 is 2.88 bits per heavy atom. The third-order valence-corrected chi connectivity index (χ3v) is 2.56. The highest BCUT2D eigenvalue weighted by molar-refractivity contribution is 9.10. The third kappa shape index (κ3) is 2.46. The van der Waals surface area contributed by atoms with Crippen LogP contribution >= 0.6 is 15.9 Å². The van der Waals surface area contributed by atoms with Gasteiger partial charge in [0.2, 0.25) is 0 Å². The monoisotopic (exact) mass is 275 g/mol. The van der Waals surface area contributed by atoms with Gasteiger partial charge >= 0.3 is 0 Å². The molecule has 0 atom stereocenters. The molecule has 0 radical (unpaired) electrons. The lowest BCUT2D eigenvalue weighted by Crippen LogP contribution is -1.93. The van der Waals surface area contributed by atoms with E-state index in [-0.39, 0.29) is 0 Å². The summed E-state index contributed by atoms with van der Waals surface area (Å²) in [5.74, 6) is 0.687. The third-order valence-electron chi connectivity index (χ3n) is 2.06. The Kier molecular flexibility index (Phi) is 3.31. The molecule has 0 amide bonds. The molecule has 1 N–H and O–H groups in total. The number of nitrogens with zero attached hydrogens (tertiary/aromatic N) is 2. The lowest BCUT2D eigenvalue weighted by atomic mass is 10.1. The Hall–Kier alpha value is -1.68. The van der Waals surface area contributed by atoms with Gasteiger partial charge in [-0.15, -0.1) is 5.10 Å². The maximum atomic E-state index is 3.93. The Bertz CT molecular complexity index is 511. The molecule has 1 aromatic heterocycles. The van der Waals surface area contributed by atoms with Crippen molar-refractivity contribution < 1.29 is 0 Å². The normalized spacial score (nSPS) is 9.81. The number of hydrogen-bond donors (Lipinski definition) is 1. The minimum Gasteiger partial charge on any atom is -0.346 e. The molecule has 0 saturated carbocycles. The number of hydrogen-bond acceptors (Lipinski definition) is 3. The molecule has 16 heavy (non-hydrogen) atoms. The second-order valence-corrected chi connectivity index (χ2v) is 4.10. The van der Waals surface area contributed by atoms with Crippen LogP contribution in [-0.2, 0) is 0 Å². The minimum absolute atomic E-state index is 0.687. The molecule has 0 bridgehead atoms. The zero-order chi connectivity index (χ0) is 11.4. The molecule has 2 aromatic rings. The van der Waals surface area contributed by atoms with Crippen molar-refractivity contribution in [1.29, 1.82) is 0 Å². The Balaban J connectivity index is 2.40. The van der Waals surface area contributed by atoms with E-state index >= 15 is 0 Å². The number of benzene rings is 1. The van der Waals surface area contributed by atoms with E-state index < -0.39 is 0 Å². The molecule has 3 nitrogen and oxygen atoms in total. The summed E-state index contributed by atoms with van der Waals surface area (Å²) < 4.78 is 1.04. The van der Waals surface area contributed by atoms with Gasteiger partial charge in [0.15, 0.2) is 5.82 Å². The average Bonchev–Trinajstić information content (AvgIpc) is 2.30. The molecule has 0 aliphatic carbocycles. The number of halogens is 1. The zero-order valence-electron chi connectivity index (χ0n) is 8.52. The molecule has 1 aromatic carbocycles. The largest absolute Gasteiger partial charge is 0.346 e. The van der Waals surface area contributed by atoms with Crippen LogP contribution in [0, 0.1) is 0 Å². The van der Waals surface area contributed by atoms with E-state index in [1.165, 1.54) is 0 Å². The first kappa shape index (κ1) is 10.8. The van der Waals surface area contributed by atoms with Crippen LogP contribution in [0.1, 0.15) is 0 Å². The van der Waals surface area contributed by atoms with Crippen LogP contribution in [0.25, 0.3) is 11.1 Å². The van der Waals surface area contributed by atoms with E-state index in [1.54, 1.807) is 12.4 Å². The first-order valence-electron chi connectivity index (χ1n) is 4.76. The van der Waals surface area contributed by atoms with Crippen molar-refractivity contribution in [2.45, 2.75) is 0 Å². The molecule has 0 aliphatic heterocycles. The van der Waals surface area contributed by atoms with Gasteiger partial charge in [-0.1, -0.05) is 34.6 Å². The van der Waals surface area contributed by atoms with Crippen LogP contribution in [0.4, 0.5) is 5.82 Å². The van der Waals surface area contributed by atoms with Gasteiger partial charge in [-0.2, -0.15) is 5.10 Å². The SMILES string of the molecule is C=CNc1cc(-c2cccc(Br)c2)cnn1. The highest BCUT2D eigenvalue weighted by atomic mass is 79.9. The van der Waals surface area contributed by atoms with Crippen LogP contribution in [0.15, 0.2) is 53.8 Å². The second-order valence-electron chi connectivity index (χ2n) is 3.19. The smallest absolute Gasteiger partial charge is 0.153 e. The number of rotatable bonds is 3. The fraction of sp³-hybridized carbons (Fsp3) is 0. The quantitative estimate of drug-likeness (QED) is 0.932. The molecule has 4 heteroatoms. The van der Waals surface area contributed by atoms with Gasteiger partial charge in [0, 0.05) is 10.0 Å². The summed E-state index contributed by atoms with van der Waals surface area (Å²) in [6.07, 6.45) is 3.31. The summed E-state index contributed by atoms with van der Waals surface area (Å²) in [6.45, 7) is 3.59. The fourth-order valence-electron chi connectivity index (χ4n) is 1.37. The summed E-state index contributed by atoms with van der Waals surface area (Å²) in [5, 5.41) is 10.8. The van der Waals surface area contributed by atoms with Crippen LogP contribution in [-0.4, -0.2) is 10.2 Å². The zero-order valence-corrected chi connectivity index (χ0v) is 10.1. The van der Waals surface area contributed by atoms with Crippen molar-refractivity contribution in [3.63, 3.8) is 0 Å². The van der Waals surface area contributed by atoms with Crippen molar-refractivity contribution in [2.24, 2.45) is 0 Å². The molecule has 0 aliphatic rings. The molecule has 1 heterocycles. The van der Waals surface area contributed by atoms with E-state index in [0.717, 1.165) is 15.6 Å². The molecule has 0 fully saturated rings. The van der Waals surface area contributed by atoms with Gasteiger partial charge < -0.3 is 5.32 Å². The van der Waals surface area contributed by atoms with Crippen molar-refractivity contribution in [2.75, 3.05) is 5.32 Å². The average molecular weight is 276 g/mol. The summed E-state index contributed by atoms with van der Waals surface area (Å²) in [5.41, 5.74) is 2.11. The van der Waals surface area contributed by atoms with Crippen molar-refractivity contribution in [3.05, 3.63) is 53.8 Å². The van der Waals surface area contributed by atoms with Crippen LogP contribution in [0.2, 0.25) is 0 Å². The molecular weight excluding hydrogens is 266 g/mol. The van der Waals surface area contributed by atoms with Crippen molar-refractivity contribution in [1.82, 2.24) is 10.2 Å². The lowest BCUT2D eigenvalue weighted by Gasteiger charge is -2.03. The number of nitrogens with one attached hydrogen (secondary N) is 1.